The summed E-state index contributed by atoms with van der Waals surface area (Å²) in [7, 11) is -3.75. The lowest BCUT2D eigenvalue weighted by Gasteiger charge is -2.13. The molecule has 0 saturated heterocycles. The van der Waals surface area contributed by atoms with Crippen molar-refractivity contribution in [1.82, 2.24) is 0 Å². The van der Waals surface area contributed by atoms with E-state index in [4.69, 9.17) is 5.73 Å². The molecule has 0 heterocycles. The summed E-state index contributed by atoms with van der Waals surface area (Å²) in [5, 5.41) is 0. The van der Waals surface area contributed by atoms with Crippen LogP contribution in [0.1, 0.15) is 24.1 Å². The van der Waals surface area contributed by atoms with Crippen LogP contribution in [0, 0.1) is 5.82 Å². The average molecular weight is 307 g/mol. The van der Waals surface area contributed by atoms with Crippen molar-refractivity contribution in [2.45, 2.75) is 24.3 Å². The molecule has 112 valence electrons. The van der Waals surface area contributed by atoms with Crippen molar-refractivity contribution in [2.24, 2.45) is 5.73 Å². The smallest absolute Gasteiger partial charge is 0.183 e. The SMILES string of the molecule is CCc1ccc(C(N)CS(=O)(=O)c2ccccc2F)cc1. The topological polar surface area (TPSA) is 60.2 Å². The molecule has 0 aromatic heterocycles. The number of nitrogens with two attached hydrogens (primary N) is 1. The summed E-state index contributed by atoms with van der Waals surface area (Å²) in [5.41, 5.74) is 7.84. The number of benzene rings is 2. The highest BCUT2D eigenvalue weighted by molar-refractivity contribution is 7.91. The Bertz CT molecular complexity index is 711. The van der Waals surface area contributed by atoms with E-state index in [0.717, 1.165) is 23.6 Å². The summed E-state index contributed by atoms with van der Waals surface area (Å²) in [6.07, 6.45) is 0.906. The van der Waals surface area contributed by atoms with Crippen LogP contribution in [0.5, 0.6) is 0 Å². The molecule has 1 atom stereocenters. The third-order valence-electron chi connectivity index (χ3n) is 3.39. The van der Waals surface area contributed by atoms with Crippen molar-refractivity contribution in [2.75, 3.05) is 5.75 Å². The second-order valence-corrected chi connectivity index (χ2v) is 6.92. The lowest BCUT2D eigenvalue weighted by atomic mass is 10.1. The molecule has 0 amide bonds. The molecule has 1 unspecified atom stereocenters. The first-order valence-electron chi connectivity index (χ1n) is 6.75. The van der Waals surface area contributed by atoms with Gasteiger partial charge in [0.05, 0.1) is 5.75 Å². The van der Waals surface area contributed by atoms with Crippen LogP contribution >= 0.6 is 0 Å². The molecule has 3 nitrogen and oxygen atoms in total. The largest absolute Gasteiger partial charge is 0.323 e. The summed E-state index contributed by atoms with van der Waals surface area (Å²) in [4.78, 5) is -0.300. The van der Waals surface area contributed by atoms with Gasteiger partial charge in [-0.15, -0.1) is 0 Å². The maximum Gasteiger partial charge on any atom is 0.183 e. The summed E-state index contributed by atoms with van der Waals surface area (Å²) in [6, 6.07) is 12.2. The van der Waals surface area contributed by atoms with Gasteiger partial charge in [0.15, 0.2) is 9.84 Å². The summed E-state index contributed by atoms with van der Waals surface area (Å²) >= 11 is 0. The highest BCUT2D eigenvalue weighted by Crippen LogP contribution is 2.21. The number of aryl methyl sites for hydroxylation is 1. The standard InChI is InChI=1S/C16H18FNO2S/c1-2-12-7-9-13(10-8-12)15(18)11-21(19,20)16-6-4-3-5-14(16)17/h3-10,15H,2,11,18H2,1H3. The third kappa shape index (κ3) is 3.68. The van der Waals surface area contributed by atoms with Crippen LogP contribution in [0.15, 0.2) is 53.4 Å². The fourth-order valence-corrected chi connectivity index (χ4v) is 3.62. The molecule has 0 radical (unpaired) electrons. The van der Waals surface area contributed by atoms with Crippen LogP contribution in [0.2, 0.25) is 0 Å². The Morgan fingerprint density at radius 1 is 1.10 bits per heavy atom. The first-order valence-corrected chi connectivity index (χ1v) is 8.41. The van der Waals surface area contributed by atoms with E-state index < -0.39 is 21.7 Å². The summed E-state index contributed by atoms with van der Waals surface area (Å²) < 4.78 is 38.1. The van der Waals surface area contributed by atoms with Gasteiger partial charge in [-0.1, -0.05) is 43.3 Å². The quantitative estimate of drug-likeness (QED) is 0.924. The van der Waals surface area contributed by atoms with Crippen molar-refractivity contribution in [3.8, 4) is 0 Å². The highest BCUT2D eigenvalue weighted by Gasteiger charge is 2.22. The molecule has 0 bridgehead atoms. The van der Waals surface area contributed by atoms with Gasteiger partial charge in [-0.3, -0.25) is 0 Å². The van der Waals surface area contributed by atoms with Crippen LogP contribution in [0.25, 0.3) is 0 Å². The van der Waals surface area contributed by atoms with Gasteiger partial charge in [0.2, 0.25) is 0 Å². The molecule has 2 rings (SSSR count). The van der Waals surface area contributed by atoms with Gasteiger partial charge in [-0.2, -0.15) is 0 Å². The third-order valence-corrected chi connectivity index (χ3v) is 5.19. The minimum absolute atomic E-state index is 0.300. The normalized spacial score (nSPS) is 13.1. The van der Waals surface area contributed by atoms with E-state index in [-0.39, 0.29) is 10.6 Å². The molecule has 0 aliphatic carbocycles. The summed E-state index contributed by atoms with van der Waals surface area (Å²) in [6.45, 7) is 2.04. The van der Waals surface area contributed by atoms with E-state index in [9.17, 15) is 12.8 Å². The summed E-state index contributed by atoms with van der Waals surface area (Å²) in [5.74, 6) is -1.06. The minimum Gasteiger partial charge on any atom is -0.323 e. The number of rotatable bonds is 5. The first kappa shape index (κ1) is 15.7. The van der Waals surface area contributed by atoms with E-state index in [2.05, 4.69) is 0 Å². The molecule has 2 aromatic rings. The highest BCUT2D eigenvalue weighted by atomic mass is 32.2. The second-order valence-electron chi connectivity index (χ2n) is 4.91. The molecular formula is C16H18FNO2S. The van der Waals surface area contributed by atoms with Crippen LogP contribution in [0.3, 0.4) is 0 Å². The van der Waals surface area contributed by atoms with E-state index in [1.165, 1.54) is 18.2 Å². The average Bonchev–Trinajstić information content (AvgIpc) is 2.47. The van der Waals surface area contributed by atoms with E-state index in [0.29, 0.717) is 0 Å². The van der Waals surface area contributed by atoms with E-state index >= 15 is 0 Å². The van der Waals surface area contributed by atoms with Gasteiger partial charge in [0.25, 0.3) is 0 Å². The van der Waals surface area contributed by atoms with Crippen molar-refractivity contribution in [3.05, 3.63) is 65.5 Å². The Hall–Kier alpha value is -1.72. The zero-order valence-electron chi connectivity index (χ0n) is 11.8. The van der Waals surface area contributed by atoms with Gasteiger partial charge >= 0.3 is 0 Å². The molecular weight excluding hydrogens is 289 g/mol. The zero-order chi connectivity index (χ0) is 15.5. The molecule has 0 spiro atoms. The van der Waals surface area contributed by atoms with Gasteiger partial charge < -0.3 is 5.73 Å². The second kappa shape index (κ2) is 6.37. The number of halogens is 1. The minimum atomic E-state index is -3.75. The molecule has 2 aromatic carbocycles. The van der Waals surface area contributed by atoms with Gasteiger partial charge in [-0.05, 0) is 29.7 Å². The molecule has 21 heavy (non-hydrogen) atoms. The number of hydrogen-bond donors (Lipinski definition) is 1. The van der Waals surface area contributed by atoms with E-state index in [1.807, 2.05) is 31.2 Å². The van der Waals surface area contributed by atoms with Crippen LogP contribution in [-0.2, 0) is 16.3 Å². The Labute approximate surface area is 124 Å². The molecule has 5 heteroatoms. The van der Waals surface area contributed by atoms with Crippen LogP contribution in [-0.4, -0.2) is 14.2 Å². The van der Waals surface area contributed by atoms with Crippen molar-refractivity contribution in [3.63, 3.8) is 0 Å². The monoisotopic (exact) mass is 307 g/mol. The molecule has 0 aliphatic rings. The van der Waals surface area contributed by atoms with Crippen molar-refractivity contribution in [1.29, 1.82) is 0 Å². The Morgan fingerprint density at radius 2 is 1.71 bits per heavy atom. The Kier molecular flexibility index (Phi) is 4.75. The van der Waals surface area contributed by atoms with Crippen LogP contribution < -0.4 is 5.73 Å². The van der Waals surface area contributed by atoms with Gasteiger partial charge in [0.1, 0.15) is 10.7 Å². The predicted molar refractivity (Wildman–Crippen MR) is 81.2 cm³/mol. The zero-order valence-corrected chi connectivity index (χ0v) is 12.6. The molecule has 0 aliphatic heterocycles. The maximum absolute atomic E-state index is 13.6. The first-order chi connectivity index (χ1) is 9.94. The van der Waals surface area contributed by atoms with Crippen molar-refractivity contribution < 1.29 is 12.8 Å². The van der Waals surface area contributed by atoms with Crippen molar-refractivity contribution >= 4 is 9.84 Å². The fraction of sp³-hybridized carbons (Fsp3) is 0.250. The number of hydrogen-bond acceptors (Lipinski definition) is 3. The molecule has 2 N–H and O–H groups in total. The fourth-order valence-electron chi connectivity index (χ4n) is 2.12. The molecule has 0 fully saturated rings. The maximum atomic E-state index is 13.6. The molecule has 0 saturated carbocycles. The van der Waals surface area contributed by atoms with Crippen LogP contribution in [0.4, 0.5) is 4.39 Å². The number of sulfone groups is 1. The van der Waals surface area contributed by atoms with E-state index in [1.54, 1.807) is 0 Å². The Balaban J connectivity index is 2.21. The lowest BCUT2D eigenvalue weighted by molar-refractivity contribution is 0.562. The van der Waals surface area contributed by atoms with Gasteiger partial charge in [-0.25, -0.2) is 12.8 Å². The predicted octanol–water partition coefficient (Wildman–Crippen LogP) is 2.86. The Morgan fingerprint density at radius 3 is 2.29 bits per heavy atom. The van der Waals surface area contributed by atoms with Gasteiger partial charge in [0, 0.05) is 6.04 Å². The lowest BCUT2D eigenvalue weighted by Crippen LogP contribution is -2.22.